The standard InChI is InChI=1S/C26H24N2O3S2/c1-28(2)21-9-6-18(7-10-21)19-8-13-23(31-16-17-4-11-22(30-3)12-5-17)20(14-19)15-24-25(29)27-26(32)33-24/h4-15H,16H2,1-3H3,(H,27,29,32)/b24-15+. The molecule has 0 aromatic heterocycles. The molecule has 0 unspecified atom stereocenters. The Morgan fingerprint density at radius 1 is 1.00 bits per heavy atom. The number of thiocarbonyl (C=S) groups is 1. The maximum absolute atomic E-state index is 12.3. The van der Waals surface area contributed by atoms with Crippen LogP contribution in [0.15, 0.2) is 71.6 Å². The monoisotopic (exact) mass is 476 g/mol. The zero-order valence-electron chi connectivity index (χ0n) is 18.6. The Kier molecular flexibility index (Phi) is 7.01. The van der Waals surface area contributed by atoms with Crippen molar-refractivity contribution < 1.29 is 14.3 Å². The van der Waals surface area contributed by atoms with Gasteiger partial charge in [-0.2, -0.15) is 0 Å². The van der Waals surface area contributed by atoms with Crippen LogP contribution in [0.3, 0.4) is 0 Å². The van der Waals surface area contributed by atoms with E-state index in [4.69, 9.17) is 21.7 Å². The molecule has 3 aromatic rings. The van der Waals surface area contributed by atoms with Crippen LogP contribution in [0.1, 0.15) is 11.1 Å². The van der Waals surface area contributed by atoms with Crippen LogP contribution in [-0.4, -0.2) is 31.4 Å². The second-order valence-electron chi connectivity index (χ2n) is 7.68. The Labute approximate surface area is 203 Å². The summed E-state index contributed by atoms with van der Waals surface area (Å²) >= 11 is 6.40. The van der Waals surface area contributed by atoms with Crippen LogP contribution in [0.5, 0.6) is 11.5 Å². The van der Waals surface area contributed by atoms with E-state index in [1.165, 1.54) is 11.8 Å². The van der Waals surface area contributed by atoms with Crippen molar-refractivity contribution in [3.05, 3.63) is 82.8 Å². The van der Waals surface area contributed by atoms with E-state index in [9.17, 15) is 4.79 Å². The van der Waals surface area contributed by atoms with Crippen molar-refractivity contribution in [1.82, 2.24) is 5.32 Å². The molecule has 168 valence electrons. The van der Waals surface area contributed by atoms with E-state index in [0.717, 1.165) is 33.7 Å². The quantitative estimate of drug-likeness (QED) is 0.359. The Balaban J connectivity index is 1.65. The van der Waals surface area contributed by atoms with Crippen molar-refractivity contribution in [2.75, 3.05) is 26.1 Å². The van der Waals surface area contributed by atoms with Crippen LogP contribution in [0.2, 0.25) is 0 Å². The number of benzene rings is 3. The minimum Gasteiger partial charge on any atom is -0.497 e. The fourth-order valence-electron chi connectivity index (χ4n) is 3.37. The van der Waals surface area contributed by atoms with Gasteiger partial charge in [-0.25, -0.2) is 0 Å². The lowest BCUT2D eigenvalue weighted by molar-refractivity contribution is -0.115. The highest BCUT2D eigenvalue weighted by molar-refractivity contribution is 8.26. The van der Waals surface area contributed by atoms with Gasteiger partial charge in [-0.05, 0) is 59.2 Å². The number of ether oxygens (including phenoxy) is 2. The maximum atomic E-state index is 12.3. The number of rotatable bonds is 7. The number of amides is 1. The smallest absolute Gasteiger partial charge is 0.263 e. The molecule has 3 aromatic carbocycles. The van der Waals surface area contributed by atoms with E-state index in [1.54, 1.807) is 7.11 Å². The third-order valence-corrected chi connectivity index (χ3v) is 6.37. The molecule has 0 atom stereocenters. The number of hydrogen-bond donors (Lipinski definition) is 1. The van der Waals surface area contributed by atoms with Crippen molar-refractivity contribution >= 4 is 46.0 Å². The molecule has 1 N–H and O–H groups in total. The topological polar surface area (TPSA) is 50.8 Å². The van der Waals surface area contributed by atoms with Gasteiger partial charge in [-0.15, -0.1) is 0 Å². The Bertz CT molecular complexity index is 1200. The predicted molar refractivity (Wildman–Crippen MR) is 140 cm³/mol. The summed E-state index contributed by atoms with van der Waals surface area (Å²) in [4.78, 5) is 14.9. The highest BCUT2D eigenvalue weighted by Gasteiger charge is 2.22. The molecule has 0 aliphatic carbocycles. The fraction of sp³-hybridized carbons (Fsp3) is 0.154. The van der Waals surface area contributed by atoms with Gasteiger partial charge in [-0.1, -0.05) is 54.3 Å². The second-order valence-corrected chi connectivity index (χ2v) is 9.40. The number of hydrogen-bond acceptors (Lipinski definition) is 6. The second kappa shape index (κ2) is 10.1. The summed E-state index contributed by atoms with van der Waals surface area (Å²) < 4.78 is 11.8. The molecule has 5 nitrogen and oxygen atoms in total. The van der Waals surface area contributed by atoms with Crippen LogP contribution >= 0.6 is 24.0 Å². The number of methoxy groups -OCH3 is 1. The summed E-state index contributed by atoms with van der Waals surface area (Å²) in [5, 5.41) is 2.67. The van der Waals surface area contributed by atoms with Gasteiger partial charge in [0.25, 0.3) is 5.91 Å². The average molecular weight is 477 g/mol. The van der Waals surface area contributed by atoms with Gasteiger partial charge < -0.3 is 19.7 Å². The summed E-state index contributed by atoms with van der Waals surface area (Å²) in [6, 6.07) is 22.1. The molecule has 1 amide bonds. The molecule has 0 spiro atoms. The largest absolute Gasteiger partial charge is 0.497 e. The molecule has 1 fully saturated rings. The maximum Gasteiger partial charge on any atom is 0.263 e. The van der Waals surface area contributed by atoms with Gasteiger partial charge in [0, 0.05) is 25.3 Å². The minimum absolute atomic E-state index is 0.188. The summed E-state index contributed by atoms with van der Waals surface area (Å²) in [6.07, 6.45) is 1.83. The number of thioether (sulfide) groups is 1. The molecule has 0 saturated carbocycles. The number of anilines is 1. The van der Waals surface area contributed by atoms with Crippen LogP contribution in [-0.2, 0) is 11.4 Å². The molecule has 1 saturated heterocycles. The third kappa shape index (κ3) is 5.56. The van der Waals surface area contributed by atoms with Gasteiger partial charge in [0.05, 0.1) is 12.0 Å². The molecule has 1 heterocycles. The minimum atomic E-state index is -0.188. The lowest BCUT2D eigenvalue weighted by atomic mass is 10.0. The van der Waals surface area contributed by atoms with Crippen LogP contribution in [0.25, 0.3) is 17.2 Å². The molecule has 1 aliphatic heterocycles. The van der Waals surface area contributed by atoms with E-state index >= 15 is 0 Å². The van der Waals surface area contributed by atoms with E-state index in [1.807, 2.05) is 62.6 Å². The van der Waals surface area contributed by atoms with Crippen LogP contribution < -0.4 is 19.7 Å². The van der Waals surface area contributed by atoms with E-state index in [-0.39, 0.29) is 5.91 Å². The summed E-state index contributed by atoms with van der Waals surface area (Å²) in [5.74, 6) is 1.30. The Hall–Kier alpha value is -3.29. The molecule has 0 bridgehead atoms. The van der Waals surface area contributed by atoms with E-state index < -0.39 is 0 Å². The first-order chi connectivity index (χ1) is 15.9. The summed E-state index contributed by atoms with van der Waals surface area (Å²) in [6.45, 7) is 0.398. The SMILES string of the molecule is COc1ccc(COc2ccc(-c3ccc(N(C)C)cc3)cc2/C=C2/SC(=S)NC2=O)cc1. The van der Waals surface area contributed by atoms with Gasteiger partial charge in [0.1, 0.15) is 22.4 Å². The molecule has 0 radical (unpaired) electrons. The van der Waals surface area contributed by atoms with Gasteiger partial charge in [0.15, 0.2) is 0 Å². The van der Waals surface area contributed by atoms with E-state index in [0.29, 0.717) is 21.6 Å². The van der Waals surface area contributed by atoms with Crippen molar-refractivity contribution in [1.29, 1.82) is 0 Å². The highest BCUT2D eigenvalue weighted by atomic mass is 32.2. The molecule has 4 rings (SSSR count). The Morgan fingerprint density at radius 2 is 1.70 bits per heavy atom. The number of carbonyl (C=O) groups excluding carboxylic acids is 1. The lowest BCUT2D eigenvalue weighted by Crippen LogP contribution is -2.17. The van der Waals surface area contributed by atoms with Gasteiger partial charge in [0.2, 0.25) is 0 Å². The predicted octanol–water partition coefficient (Wildman–Crippen LogP) is 5.50. The normalized spacial score (nSPS) is 14.3. The average Bonchev–Trinajstić information content (AvgIpc) is 3.14. The molecule has 1 aliphatic rings. The molecule has 33 heavy (non-hydrogen) atoms. The molecular weight excluding hydrogens is 452 g/mol. The Morgan fingerprint density at radius 3 is 2.30 bits per heavy atom. The summed E-state index contributed by atoms with van der Waals surface area (Å²) in [5.41, 5.74) is 5.09. The molecular formula is C26H24N2O3S2. The fourth-order valence-corrected chi connectivity index (χ4v) is 4.40. The van der Waals surface area contributed by atoms with Gasteiger partial charge >= 0.3 is 0 Å². The first-order valence-corrected chi connectivity index (χ1v) is 11.6. The van der Waals surface area contributed by atoms with E-state index in [2.05, 4.69) is 34.5 Å². The summed E-state index contributed by atoms with van der Waals surface area (Å²) in [7, 11) is 5.68. The molecule has 7 heteroatoms. The highest BCUT2D eigenvalue weighted by Crippen LogP contribution is 2.33. The lowest BCUT2D eigenvalue weighted by Gasteiger charge is -2.14. The zero-order valence-corrected chi connectivity index (χ0v) is 20.3. The van der Waals surface area contributed by atoms with Crippen molar-refractivity contribution in [2.45, 2.75) is 6.61 Å². The number of nitrogens with zero attached hydrogens (tertiary/aromatic N) is 1. The van der Waals surface area contributed by atoms with Crippen molar-refractivity contribution in [3.63, 3.8) is 0 Å². The first-order valence-electron chi connectivity index (χ1n) is 10.4. The zero-order chi connectivity index (χ0) is 23.4. The number of carbonyl (C=O) groups is 1. The third-order valence-electron chi connectivity index (χ3n) is 5.21. The van der Waals surface area contributed by atoms with Crippen LogP contribution in [0.4, 0.5) is 5.69 Å². The number of nitrogens with one attached hydrogen (secondary N) is 1. The van der Waals surface area contributed by atoms with Crippen molar-refractivity contribution in [3.8, 4) is 22.6 Å². The van der Waals surface area contributed by atoms with Crippen LogP contribution in [0, 0.1) is 0 Å². The van der Waals surface area contributed by atoms with Crippen molar-refractivity contribution in [2.24, 2.45) is 0 Å². The first kappa shape index (κ1) is 22.9. The van der Waals surface area contributed by atoms with Gasteiger partial charge in [-0.3, -0.25) is 4.79 Å².